The fourth-order valence-corrected chi connectivity index (χ4v) is 9.23. The van der Waals surface area contributed by atoms with Gasteiger partial charge < -0.3 is 9.47 Å². The molecule has 1 aliphatic rings. The molecule has 0 spiro atoms. The summed E-state index contributed by atoms with van der Waals surface area (Å²) in [6.45, 7) is 4.23. The molecule has 0 aliphatic carbocycles. The van der Waals surface area contributed by atoms with Gasteiger partial charge in [0, 0.05) is 33.0 Å². The maximum atomic E-state index is 11.5. The SMILES string of the molecule is Cc1cccc2c1N(c1c(C#N)cc(C#N)c(-n3c4ccccc4c4ccccc43)c1-c1nc(-c3ccccc3)nc(-c3ccccc3)n1)c1c(C)cccc1-c1ccccc1-2. The second-order valence-electron chi connectivity index (χ2n) is 15.5. The molecule has 0 unspecified atom stereocenters. The molecule has 62 heavy (non-hydrogen) atoms. The average molecular weight is 794 g/mol. The van der Waals surface area contributed by atoms with Crippen LogP contribution in [0.15, 0.2) is 176 Å². The normalized spacial score (nSPS) is 11.6. The molecule has 0 saturated carbocycles. The van der Waals surface area contributed by atoms with Crippen LogP contribution in [0.5, 0.6) is 0 Å². The van der Waals surface area contributed by atoms with E-state index in [2.05, 4.69) is 120 Å². The summed E-state index contributed by atoms with van der Waals surface area (Å²) < 4.78 is 2.15. The minimum atomic E-state index is 0.304. The molecule has 7 heteroatoms. The summed E-state index contributed by atoms with van der Waals surface area (Å²) in [6, 6.07) is 64.3. The van der Waals surface area contributed by atoms with E-state index in [0.29, 0.717) is 45.5 Å². The molecule has 290 valence electrons. The third-order valence-corrected chi connectivity index (χ3v) is 11.9. The first-order valence-corrected chi connectivity index (χ1v) is 20.5. The number of benzene rings is 8. The van der Waals surface area contributed by atoms with Gasteiger partial charge in [0.2, 0.25) is 0 Å². The molecular weight excluding hydrogens is 759 g/mol. The van der Waals surface area contributed by atoms with Gasteiger partial charge >= 0.3 is 0 Å². The summed E-state index contributed by atoms with van der Waals surface area (Å²) in [5.74, 6) is 1.25. The van der Waals surface area contributed by atoms with Crippen molar-refractivity contribution in [3.63, 3.8) is 0 Å². The third kappa shape index (κ3) is 5.61. The van der Waals surface area contributed by atoms with Crippen LogP contribution in [0.25, 0.3) is 83.9 Å². The van der Waals surface area contributed by atoms with Crippen molar-refractivity contribution >= 4 is 38.9 Å². The van der Waals surface area contributed by atoms with Crippen molar-refractivity contribution in [1.29, 1.82) is 10.5 Å². The largest absolute Gasteiger partial charge is 0.307 e. The Balaban J connectivity index is 1.39. The maximum absolute atomic E-state index is 11.5. The van der Waals surface area contributed by atoms with Crippen LogP contribution < -0.4 is 4.90 Å². The fraction of sp³-hybridized carbons (Fsp3) is 0.0364. The highest BCUT2D eigenvalue weighted by Gasteiger charge is 2.35. The second-order valence-corrected chi connectivity index (χ2v) is 15.5. The average Bonchev–Trinajstić information content (AvgIpc) is 3.59. The molecule has 0 amide bonds. The number of aromatic nitrogens is 4. The van der Waals surface area contributed by atoms with Crippen LogP contribution in [0.1, 0.15) is 22.3 Å². The Hall–Kier alpha value is -8.65. The van der Waals surface area contributed by atoms with Crippen LogP contribution in [0.4, 0.5) is 17.1 Å². The third-order valence-electron chi connectivity index (χ3n) is 11.9. The van der Waals surface area contributed by atoms with Crippen LogP contribution in [-0.4, -0.2) is 19.5 Å². The zero-order chi connectivity index (χ0) is 41.9. The summed E-state index contributed by atoms with van der Waals surface area (Å²) in [4.78, 5) is 18.1. The van der Waals surface area contributed by atoms with Crippen molar-refractivity contribution in [3.05, 3.63) is 198 Å². The molecule has 0 radical (unpaired) electrons. The molecule has 0 N–H and O–H groups in total. The van der Waals surface area contributed by atoms with Gasteiger partial charge in [0.1, 0.15) is 12.1 Å². The quantitative estimate of drug-likeness (QED) is 0.172. The van der Waals surface area contributed by atoms with E-state index in [1.807, 2.05) is 84.9 Å². The summed E-state index contributed by atoms with van der Waals surface area (Å²) in [5.41, 5.74) is 13.7. The Labute approximate surface area is 358 Å². The highest BCUT2D eigenvalue weighted by molar-refractivity contribution is 6.12. The Kier molecular flexibility index (Phi) is 8.56. The molecule has 2 aromatic heterocycles. The van der Waals surface area contributed by atoms with Gasteiger partial charge in [-0.3, -0.25) is 0 Å². The number of nitrogens with zero attached hydrogens (tertiary/aromatic N) is 7. The van der Waals surface area contributed by atoms with E-state index in [0.717, 1.165) is 77.7 Å². The first-order chi connectivity index (χ1) is 30.5. The van der Waals surface area contributed by atoms with Gasteiger partial charge in [-0.25, -0.2) is 15.0 Å². The van der Waals surface area contributed by atoms with E-state index in [1.54, 1.807) is 6.07 Å². The number of aryl methyl sites for hydroxylation is 2. The number of rotatable bonds is 5. The lowest BCUT2D eigenvalue weighted by atomic mass is 9.93. The number of anilines is 3. The summed E-state index contributed by atoms with van der Waals surface area (Å²) in [5, 5.41) is 24.9. The summed E-state index contributed by atoms with van der Waals surface area (Å²) in [6.07, 6.45) is 0. The van der Waals surface area contributed by atoms with Crippen molar-refractivity contribution in [2.75, 3.05) is 4.90 Å². The lowest BCUT2D eigenvalue weighted by Crippen LogP contribution is -2.19. The standard InChI is InChI=1S/C55H35N7/c1-34-17-15-27-44-40-23-9-10-24-41(40)45-28-16-18-35(2)50(45)62(49(34)44)52-39(33-57)31-38(32-56)51(61-46-29-13-11-25-42(46)43-26-12-14-30-47(43)61)48(52)55-59-53(36-19-5-3-6-20-36)58-54(60-55)37-21-7-4-8-22-37/h3-31H,1-2H3. The van der Waals surface area contributed by atoms with Crippen LogP contribution in [0.3, 0.4) is 0 Å². The molecule has 0 bridgehead atoms. The molecule has 0 atom stereocenters. The smallest absolute Gasteiger partial charge is 0.168 e. The van der Waals surface area contributed by atoms with Crippen LogP contribution in [-0.2, 0) is 0 Å². The van der Waals surface area contributed by atoms with Crippen LogP contribution in [0, 0.1) is 36.5 Å². The molecule has 3 heterocycles. The Bertz CT molecular complexity index is 3340. The lowest BCUT2D eigenvalue weighted by molar-refractivity contribution is 1.06. The number of hydrogen-bond donors (Lipinski definition) is 0. The molecular formula is C55H35N7. The predicted molar refractivity (Wildman–Crippen MR) is 248 cm³/mol. The van der Waals surface area contributed by atoms with E-state index < -0.39 is 0 Å². The van der Waals surface area contributed by atoms with Gasteiger partial charge in [-0.2, -0.15) is 10.5 Å². The molecule has 0 fully saturated rings. The van der Waals surface area contributed by atoms with Gasteiger partial charge in [0.15, 0.2) is 17.5 Å². The first kappa shape index (κ1) is 36.4. The van der Waals surface area contributed by atoms with Gasteiger partial charge in [-0.15, -0.1) is 0 Å². The summed E-state index contributed by atoms with van der Waals surface area (Å²) in [7, 11) is 0. The zero-order valence-electron chi connectivity index (χ0n) is 33.9. The zero-order valence-corrected chi connectivity index (χ0v) is 33.9. The number of para-hydroxylation sites is 4. The Morgan fingerprint density at radius 2 is 0.823 bits per heavy atom. The number of nitriles is 2. The second kappa shape index (κ2) is 14.6. The molecule has 10 aromatic rings. The molecule has 7 nitrogen and oxygen atoms in total. The van der Waals surface area contributed by atoms with Crippen molar-refractivity contribution in [2.24, 2.45) is 0 Å². The first-order valence-electron chi connectivity index (χ1n) is 20.5. The van der Waals surface area contributed by atoms with E-state index in [9.17, 15) is 10.5 Å². The van der Waals surface area contributed by atoms with Crippen molar-refractivity contribution < 1.29 is 0 Å². The van der Waals surface area contributed by atoms with Crippen molar-refractivity contribution in [3.8, 4) is 74.2 Å². The van der Waals surface area contributed by atoms with Crippen molar-refractivity contribution in [1.82, 2.24) is 19.5 Å². The molecule has 1 aliphatic heterocycles. The van der Waals surface area contributed by atoms with Gasteiger partial charge in [0.25, 0.3) is 0 Å². The van der Waals surface area contributed by atoms with Crippen LogP contribution in [0.2, 0.25) is 0 Å². The van der Waals surface area contributed by atoms with Crippen LogP contribution >= 0.6 is 0 Å². The minimum Gasteiger partial charge on any atom is -0.307 e. The number of fused-ring (bicyclic) bond motifs is 8. The minimum absolute atomic E-state index is 0.304. The lowest BCUT2D eigenvalue weighted by Gasteiger charge is -2.33. The highest BCUT2D eigenvalue weighted by atomic mass is 15.2. The molecule has 0 saturated heterocycles. The fourth-order valence-electron chi connectivity index (χ4n) is 9.23. The predicted octanol–water partition coefficient (Wildman–Crippen LogP) is 13.4. The van der Waals surface area contributed by atoms with Gasteiger partial charge in [-0.05, 0) is 54.3 Å². The molecule has 8 aromatic carbocycles. The van der Waals surface area contributed by atoms with Crippen molar-refractivity contribution in [2.45, 2.75) is 13.8 Å². The van der Waals surface area contributed by atoms with Gasteiger partial charge in [-0.1, -0.05) is 158 Å². The highest BCUT2D eigenvalue weighted by Crippen LogP contribution is 2.56. The molecule has 11 rings (SSSR count). The Morgan fingerprint density at radius 3 is 1.32 bits per heavy atom. The van der Waals surface area contributed by atoms with E-state index in [1.165, 1.54) is 0 Å². The van der Waals surface area contributed by atoms with E-state index >= 15 is 0 Å². The number of hydrogen-bond acceptors (Lipinski definition) is 6. The summed E-state index contributed by atoms with van der Waals surface area (Å²) >= 11 is 0. The topological polar surface area (TPSA) is 94.4 Å². The monoisotopic (exact) mass is 793 g/mol. The van der Waals surface area contributed by atoms with Gasteiger partial charge in [0.05, 0.1) is 50.5 Å². The Morgan fingerprint density at radius 1 is 0.403 bits per heavy atom. The van der Waals surface area contributed by atoms with E-state index in [-0.39, 0.29) is 0 Å². The maximum Gasteiger partial charge on any atom is 0.168 e. The van der Waals surface area contributed by atoms with E-state index in [4.69, 9.17) is 15.0 Å².